The molecule has 0 heterocycles. The van der Waals surface area contributed by atoms with Crippen molar-refractivity contribution < 1.29 is 84.5 Å². The molecule has 2 nitrogen and oxygen atoms in total. The number of ether oxygens (including phenoxy) is 1. The quantitative estimate of drug-likeness (QED) is 0.515. The molecule has 0 radical (unpaired) electrons. The van der Waals surface area contributed by atoms with Crippen LogP contribution in [0.4, 0.5) is 74.6 Å². The molecule has 170 valence electrons. The number of rotatable bonds is 8. The van der Waals surface area contributed by atoms with E-state index in [9.17, 15) is 74.6 Å². The van der Waals surface area contributed by atoms with Gasteiger partial charge in [-0.1, -0.05) is 0 Å². The monoisotopic (exact) mass is 466 g/mol. The van der Waals surface area contributed by atoms with E-state index in [0.29, 0.717) is 0 Å². The summed E-state index contributed by atoms with van der Waals surface area (Å²) >= 11 is 0. The Morgan fingerprint density at radius 1 is 0.464 bits per heavy atom. The molecule has 28 heavy (non-hydrogen) atoms. The molecule has 0 aromatic rings. The van der Waals surface area contributed by atoms with Crippen molar-refractivity contribution in [3.63, 3.8) is 0 Å². The summed E-state index contributed by atoms with van der Waals surface area (Å²) in [7, 11) is 0. The Bertz CT molecular complexity index is 561. The molecule has 0 saturated carbocycles. The topological polar surface area (TPSA) is 29.5 Å². The van der Waals surface area contributed by atoms with Gasteiger partial charge in [0.05, 0.1) is 0 Å². The van der Waals surface area contributed by atoms with E-state index in [4.69, 9.17) is 5.11 Å². The summed E-state index contributed by atoms with van der Waals surface area (Å²) in [5.41, 5.74) is 0. The van der Waals surface area contributed by atoms with Crippen molar-refractivity contribution in [1.82, 2.24) is 0 Å². The van der Waals surface area contributed by atoms with E-state index in [2.05, 4.69) is 0 Å². The van der Waals surface area contributed by atoms with Crippen molar-refractivity contribution in [2.75, 3.05) is 6.61 Å². The largest absolute Gasteiger partial charge is 0.460 e. The molecule has 0 saturated heterocycles. The van der Waals surface area contributed by atoms with Crippen molar-refractivity contribution in [1.29, 1.82) is 0 Å². The smallest absolute Gasteiger partial charge is 0.390 e. The Kier molecular flexibility index (Phi) is 6.33. The molecule has 0 aliphatic heterocycles. The molecule has 0 aromatic carbocycles. The average Bonchev–Trinajstić information content (AvgIpc) is 2.43. The second-order valence-corrected chi connectivity index (χ2v) is 4.79. The zero-order valence-electron chi connectivity index (χ0n) is 12.0. The third-order valence-electron chi connectivity index (χ3n) is 2.79. The van der Waals surface area contributed by atoms with E-state index in [-0.39, 0.29) is 0 Å². The van der Waals surface area contributed by atoms with E-state index in [1.165, 1.54) is 4.74 Å². The number of halogens is 17. The lowest BCUT2D eigenvalue weighted by Crippen LogP contribution is -2.71. The highest BCUT2D eigenvalue weighted by Gasteiger charge is 2.92. The highest BCUT2D eigenvalue weighted by Crippen LogP contribution is 2.61. The highest BCUT2D eigenvalue weighted by atomic mass is 19.4. The maximum Gasteiger partial charge on any atom is 0.460 e. The van der Waals surface area contributed by atoms with E-state index in [1.54, 1.807) is 0 Å². The van der Waals surface area contributed by atoms with Crippen LogP contribution in [0, 0.1) is 0 Å². The number of aliphatic hydroxyl groups is 1. The zero-order chi connectivity index (χ0) is 23.4. The summed E-state index contributed by atoms with van der Waals surface area (Å²) in [6.45, 7) is -3.17. The van der Waals surface area contributed by atoms with Gasteiger partial charge in [0.15, 0.2) is 0 Å². The van der Waals surface area contributed by atoms with Gasteiger partial charge >= 0.3 is 48.0 Å². The standard InChI is InChI=1S/C9H3F17O2/c10-2(11,1-27)8(23,24)28-9(25,26)6(18,19)4(14,15)3(12,13)5(16,17)7(20,21)22/h27H,1H2. The Hall–Kier alpha value is -1.27. The normalized spacial score (nSPS) is 16.5. The average molecular weight is 466 g/mol. The number of aliphatic hydroxyl groups excluding tert-OH is 1. The lowest BCUT2D eigenvalue weighted by molar-refractivity contribution is -0.509. The number of alkyl halides is 17. The minimum atomic E-state index is -8.49. The molecule has 0 bridgehead atoms. The molecule has 0 amide bonds. The minimum absolute atomic E-state index is 1.36. The van der Waals surface area contributed by atoms with Crippen molar-refractivity contribution in [3.8, 4) is 0 Å². The van der Waals surface area contributed by atoms with Crippen LogP contribution in [0.5, 0.6) is 0 Å². The molecular weight excluding hydrogens is 463 g/mol. The first-order chi connectivity index (χ1) is 11.8. The number of hydrogen-bond acceptors (Lipinski definition) is 2. The van der Waals surface area contributed by atoms with Gasteiger partial charge in [0, 0.05) is 0 Å². The summed E-state index contributed by atoms with van der Waals surface area (Å²) in [6.07, 6.45) is -22.6. The molecule has 1 N–H and O–H groups in total. The summed E-state index contributed by atoms with van der Waals surface area (Å²) in [6, 6.07) is 0. The fourth-order valence-electron chi connectivity index (χ4n) is 1.15. The Morgan fingerprint density at radius 3 is 1.07 bits per heavy atom. The second kappa shape index (κ2) is 6.63. The summed E-state index contributed by atoms with van der Waals surface area (Å²) in [5, 5.41) is 7.78. The molecule has 0 spiro atoms. The van der Waals surface area contributed by atoms with Crippen LogP contribution in [0.15, 0.2) is 0 Å². The van der Waals surface area contributed by atoms with Crippen LogP contribution in [0.3, 0.4) is 0 Å². The Morgan fingerprint density at radius 2 is 0.786 bits per heavy atom. The van der Waals surface area contributed by atoms with E-state index in [1.807, 2.05) is 0 Å². The third kappa shape index (κ3) is 3.65. The number of hydrogen-bond donors (Lipinski definition) is 1. The molecule has 0 unspecified atom stereocenters. The summed E-state index contributed by atoms with van der Waals surface area (Å²) < 4.78 is 215. The van der Waals surface area contributed by atoms with Crippen LogP contribution in [0.1, 0.15) is 0 Å². The van der Waals surface area contributed by atoms with Gasteiger partial charge in [0.25, 0.3) is 0 Å². The molecule has 0 atom stereocenters. The van der Waals surface area contributed by atoms with Crippen LogP contribution >= 0.6 is 0 Å². The third-order valence-corrected chi connectivity index (χ3v) is 2.79. The first-order valence-electron chi connectivity index (χ1n) is 5.79. The first-order valence-corrected chi connectivity index (χ1v) is 5.79. The van der Waals surface area contributed by atoms with Crippen LogP contribution < -0.4 is 0 Å². The highest BCUT2D eigenvalue weighted by molar-refractivity contribution is 5.08. The zero-order valence-corrected chi connectivity index (χ0v) is 12.0. The predicted octanol–water partition coefficient (Wildman–Crippen LogP) is 4.92. The van der Waals surface area contributed by atoms with Gasteiger partial charge in [-0.25, -0.2) is 4.74 Å². The molecule has 0 aliphatic rings. The van der Waals surface area contributed by atoms with Crippen LogP contribution in [0.2, 0.25) is 0 Å². The second-order valence-electron chi connectivity index (χ2n) is 4.79. The summed E-state index contributed by atoms with van der Waals surface area (Å²) in [4.78, 5) is 0. The predicted molar refractivity (Wildman–Crippen MR) is 48.9 cm³/mol. The molecule has 0 fully saturated rings. The van der Waals surface area contributed by atoms with Crippen molar-refractivity contribution in [2.24, 2.45) is 0 Å². The molecule has 0 rings (SSSR count). The fourth-order valence-corrected chi connectivity index (χ4v) is 1.15. The van der Waals surface area contributed by atoms with Crippen molar-refractivity contribution in [2.45, 2.75) is 48.0 Å². The maximum atomic E-state index is 13.0. The molecule has 0 aliphatic carbocycles. The van der Waals surface area contributed by atoms with E-state index < -0.39 is 54.6 Å². The maximum absolute atomic E-state index is 13.0. The van der Waals surface area contributed by atoms with Gasteiger partial charge in [-0.3, -0.25) is 0 Å². The Labute approximate surface area is 140 Å². The van der Waals surface area contributed by atoms with E-state index >= 15 is 0 Å². The minimum Gasteiger partial charge on any atom is -0.390 e. The van der Waals surface area contributed by atoms with Crippen molar-refractivity contribution >= 4 is 0 Å². The van der Waals surface area contributed by atoms with Gasteiger partial charge in [0.2, 0.25) is 0 Å². The lowest BCUT2D eigenvalue weighted by atomic mass is 9.97. The molecular formula is C9H3F17O2. The SMILES string of the molecule is OCC(F)(F)C(F)(F)OC(F)(F)C(F)(F)C(F)(F)C(F)(F)C(F)(F)C(F)(F)F. The van der Waals surface area contributed by atoms with Gasteiger partial charge in [-0.05, 0) is 0 Å². The first kappa shape index (κ1) is 26.7. The summed E-state index contributed by atoms with van der Waals surface area (Å²) in [5.74, 6) is -39.6. The van der Waals surface area contributed by atoms with Crippen LogP contribution in [-0.2, 0) is 4.74 Å². The van der Waals surface area contributed by atoms with Gasteiger partial charge < -0.3 is 5.11 Å². The van der Waals surface area contributed by atoms with Crippen LogP contribution in [0.25, 0.3) is 0 Å². The van der Waals surface area contributed by atoms with Crippen molar-refractivity contribution in [3.05, 3.63) is 0 Å². The molecule has 19 heteroatoms. The lowest BCUT2D eigenvalue weighted by Gasteiger charge is -2.40. The van der Waals surface area contributed by atoms with Gasteiger partial charge in [-0.2, -0.15) is 74.6 Å². The van der Waals surface area contributed by atoms with Crippen LogP contribution in [-0.4, -0.2) is 59.7 Å². The fraction of sp³-hybridized carbons (Fsp3) is 1.00. The van der Waals surface area contributed by atoms with Gasteiger partial charge in [0.1, 0.15) is 6.61 Å². The van der Waals surface area contributed by atoms with E-state index in [0.717, 1.165) is 0 Å². The molecule has 0 aromatic heterocycles. The Balaban J connectivity index is 6.34. The van der Waals surface area contributed by atoms with Gasteiger partial charge in [-0.15, -0.1) is 0 Å².